The van der Waals surface area contributed by atoms with Crippen molar-refractivity contribution in [2.75, 3.05) is 13.7 Å². The van der Waals surface area contributed by atoms with Gasteiger partial charge in [0.2, 0.25) is 5.91 Å². The average molecular weight is 289 g/mol. The second-order valence-electron chi connectivity index (χ2n) is 4.82. The first-order chi connectivity index (χ1) is 10.0. The van der Waals surface area contributed by atoms with Crippen LogP contribution < -0.4 is 0 Å². The van der Waals surface area contributed by atoms with Crippen molar-refractivity contribution >= 4 is 11.9 Å². The van der Waals surface area contributed by atoms with E-state index in [4.69, 9.17) is 4.74 Å². The van der Waals surface area contributed by atoms with Crippen LogP contribution in [0.15, 0.2) is 42.6 Å². The molecule has 1 rings (SSSR count). The van der Waals surface area contributed by atoms with Gasteiger partial charge in [-0.05, 0) is 18.9 Å². The van der Waals surface area contributed by atoms with E-state index in [2.05, 4.69) is 6.58 Å². The number of likely N-dealkylation sites (N-methyl/N-ethyl adjacent to an activating group) is 1. The van der Waals surface area contributed by atoms with E-state index < -0.39 is 5.92 Å². The van der Waals surface area contributed by atoms with Gasteiger partial charge < -0.3 is 9.64 Å². The Kier molecular flexibility index (Phi) is 6.66. The standard InChI is InChI=1S/C17H23NO3/c1-5-15(17(20)21-6-2)13(3)18(4)16(19)12-14-10-8-7-9-11-14/h7-11,15H,3,5-6,12H2,1-2,4H3. The predicted molar refractivity (Wildman–Crippen MR) is 82.5 cm³/mol. The van der Waals surface area contributed by atoms with Crippen LogP contribution in [0.2, 0.25) is 0 Å². The summed E-state index contributed by atoms with van der Waals surface area (Å²) in [5.41, 5.74) is 1.42. The minimum atomic E-state index is -0.477. The van der Waals surface area contributed by atoms with Crippen LogP contribution in [-0.2, 0) is 20.7 Å². The van der Waals surface area contributed by atoms with Crippen molar-refractivity contribution in [2.24, 2.45) is 5.92 Å². The topological polar surface area (TPSA) is 46.6 Å². The zero-order valence-electron chi connectivity index (χ0n) is 13.0. The minimum absolute atomic E-state index is 0.0889. The number of benzene rings is 1. The normalized spacial score (nSPS) is 11.6. The van der Waals surface area contributed by atoms with Crippen LogP contribution in [0.25, 0.3) is 0 Å². The van der Waals surface area contributed by atoms with Crippen LogP contribution in [0.1, 0.15) is 25.8 Å². The molecule has 114 valence electrons. The number of hydrogen-bond donors (Lipinski definition) is 0. The molecule has 0 N–H and O–H groups in total. The summed E-state index contributed by atoms with van der Waals surface area (Å²) in [6.45, 7) is 7.86. The summed E-state index contributed by atoms with van der Waals surface area (Å²) in [4.78, 5) is 25.6. The molecule has 0 saturated carbocycles. The van der Waals surface area contributed by atoms with Gasteiger partial charge in [0.1, 0.15) is 0 Å². The van der Waals surface area contributed by atoms with Gasteiger partial charge >= 0.3 is 5.97 Å². The molecule has 0 heterocycles. The molecule has 1 amide bonds. The molecule has 21 heavy (non-hydrogen) atoms. The van der Waals surface area contributed by atoms with Gasteiger partial charge in [0.15, 0.2) is 0 Å². The van der Waals surface area contributed by atoms with Gasteiger partial charge in [-0.25, -0.2) is 0 Å². The van der Waals surface area contributed by atoms with Gasteiger partial charge in [0, 0.05) is 12.7 Å². The Labute approximate surface area is 126 Å². The smallest absolute Gasteiger partial charge is 0.314 e. The molecular formula is C17H23NO3. The highest BCUT2D eigenvalue weighted by molar-refractivity contribution is 5.83. The predicted octanol–water partition coefficient (Wildman–Crippen LogP) is 2.79. The van der Waals surface area contributed by atoms with E-state index in [0.717, 1.165) is 5.56 Å². The van der Waals surface area contributed by atoms with E-state index >= 15 is 0 Å². The molecule has 1 aromatic rings. The summed E-state index contributed by atoms with van der Waals surface area (Å²) in [6.07, 6.45) is 0.843. The fourth-order valence-corrected chi connectivity index (χ4v) is 2.06. The van der Waals surface area contributed by atoms with E-state index in [9.17, 15) is 9.59 Å². The second-order valence-corrected chi connectivity index (χ2v) is 4.82. The van der Waals surface area contributed by atoms with Gasteiger partial charge in [-0.1, -0.05) is 43.8 Å². The van der Waals surface area contributed by atoms with Crippen molar-refractivity contribution in [3.63, 3.8) is 0 Å². The van der Waals surface area contributed by atoms with Crippen molar-refractivity contribution in [3.8, 4) is 0 Å². The highest BCUT2D eigenvalue weighted by Gasteiger charge is 2.26. The lowest BCUT2D eigenvalue weighted by molar-refractivity contribution is -0.147. The van der Waals surface area contributed by atoms with Gasteiger partial charge in [-0.15, -0.1) is 0 Å². The number of esters is 1. The summed E-state index contributed by atoms with van der Waals surface area (Å²) in [5, 5.41) is 0. The Balaban J connectivity index is 2.71. The molecule has 0 aliphatic heterocycles. The molecule has 0 radical (unpaired) electrons. The summed E-state index contributed by atoms with van der Waals surface area (Å²) in [5.74, 6) is -0.895. The molecule has 0 aromatic heterocycles. The Hall–Kier alpha value is -2.10. The highest BCUT2D eigenvalue weighted by atomic mass is 16.5. The van der Waals surface area contributed by atoms with Gasteiger partial charge in [0.05, 0.1) is 18.9 Å². The van der Waals surface area contributed by atoms with Crippen LogP contribution in [0.5, 0.6) is 0 Å². The van der Waals surface area contributed by atoms with Crippen LogP contribution >= 0.6 is 0 Å². The zero-order valence-corrected chi connectivity index (χ0v) is 13.0. The Morgan fingerprint density at radius 2 is 1.86 bits per heavy atom. The largest absolute Gasteiger partial charge is 0.465 e. The third-order valence-corrected chi connectivity index (χ3v) is 3.38. The van der Waals surface area contributed by atoms with Crippen molar-refractivity contribution in [2.45, 2.75) is 26.7 Å². The number of carbonyl (C=O) groups excluding carboxylic acids is 2. The molecule has 4 heteroatoms. The maximum absolute atomic E-state index is 12.3. The lowest BCUT2D eigenvalue weighted by Crippen LogP contribution is -2.33. The van der Waals surface area contributed by atoms with Crippen LogP contribution in [0, 0.1) is 5.92 Å². The number of hydrogen-bond acceptors (Lipinski definition) is 3. The van der Waals surface area contributed by atoms with Crippen molar-refractivity contribution < 1.29 is 14.3 Å². The first kappa shape index (κ1) is 17.0. The van der Waals surface area contributed by atoms with E-state index in [1.54, 1.807) is 14.0 Å². The summed E-state index contributed by atoms with van der Waals surface area (Å²) < 4.78 is 5.03. The Morgan fingerprint density at radius 3 is 2.38 bits per heavy atom. The van der Waals surface area contributed by atoms with Crippen molar-refractivity contribution in [1.82, 2.24) is 4.90 Å². The van der Waals surface area contributed by atoms with E-state index in [1.165, 1.54) is 4.90 Å². The molecule has 0 spiro atoms. The first-order valence-corrected chi connectivity index (χ1v) is 7.17. The molecule has 0 fully saturated rings. The summed E-state index contributed by atoms with van der Waals surface area (Å²) in [6, 6.07) is 9.49. The molecule has 0 aliphatic rings. The fourth-order valence-electron chi connectivity index (χ4n) is 2.06. The van der Waals surface area contributed by atoms with Crippen LogP contribution in [0.3, 0.4) is 0 Å². The van der Waals surface area contributed by atoms with E-state index in [0.29, 0.717) is 18.7 Å². The third-order valence-electron chi connectivity index (χ3n) is 3.38. The molecular weight excluding hydrogens is 266 g/mol. The molecule has 1 atom stereocenters. The molecule has 0 saturated heterocycles. The number of nitrogens with zero attached hydrogens (tertiary/aromatic N) is 1. The zero-order chi connectivity index (χ0) is 15.8. The Morgan fingerprint density at radius 1 is 1.24 bits per heavy atom. The summed E-state index contributed by atoms with van der Waals surface area (Å²) >= 11 is 0. The SMILES string of the molecule is C=C(C(CC)C(=O)OCC)N(C)C(=O)Cc1ccccc1. The van der Waals surface area contributed by atoms with Gasteiger partial charge in [-0.3, -0.25) is 9.59 Å². The van der Waals surface area contributed by atoms with Crippen LogP contribution in [-0.4, -0.2) is 30.4 Å². The monoisotopic (exact) mass is 289 g/mol. The third kappa shape index (κ3) is 4.74. The maximum atomic E-state index is 12.3. The van der Waals surface area contributed by atoms with Gasteiger partial charge in [0.25, 0.3) is 0 Å². The fraction of sp³-hybridized carbons (Fsp3) is 0.412. The Bertz CT molecular complexity index is 496. The molecule has 0 aliphatic carbocycles. The van der Waals surface area contributed by atoms with Crippen molar-refractivity contribution in [1.29, 1.82) is 0 Å². The van der Waals surface area contributed by atoms with Gasteiger partial charge in [-0.2, -0.15) is 0 Å². The quantitative estimate of drug-likeness (QED) is 0.725. The minimum Gasteiger partial charge on any atom is -0.465 e. The lowest BCUT2D eigenvalue weighted by atomic mass is 10.0. The second kappa shape index (κ2) is 8.25. The number of ether oxygens (including phenoxy) is 1. The number of carbonyl (C=O) groups is 2. The highest BCUT2D eigenvalue weighted by Crippen LogP contribution is 2.19. The number of rotatable bonds is 7. The maximum Gasteiger partial charge on any atom is 0.314 e. The molecule has 0 bridgehead atoms. The average Bonchev–Trinajstić information content (AvgIpc) is 2.48. The van der Waals surface area contributed by atoms with Crippen molar-refractivity contribution in [3.05, 3.63) is 48.2 Å². The summed E-state index contributed by atoms with van der Waals surface area (Å²) in [7, 11) is 1.65. The van der Waals surface area contributed by atoms with E-state index in [1.807, 2.05) is 37.3 Å². The lowest BCUT2D eigenvalue weighted by Gasteiger charge is -2.25. The molecule has 1 unspecified atom stereocenters. The molecule has 4 nitrogen and oxygen atoms in total. The first-order valence-electron chi connectivity index (χ1n) is 7.17. The van der Waals surface area contributed by atoms with E-state index in [-0.39, 0.29) is 18.3 Å². The molecule has 1 aromatic carbocycles. The van der Waals surface area contributed by atoms with Crippen LogP contribution in [0.4, 0.5) is 0 Å². The number of amides is 1.